The Kier molecular flexibility index (Phi) is 9.91. The number of carbonyl (C=O) groups excluding carboxylic acids is 2. The van der Waals surface area contributed by atoms with Crippen LogP contribution in [0.3, 0.4) is 0 Å². The Labute approximate surface area is 102 Å². The number of unbranched alkanes of at least 4 members (excludes halogenated alkanes) is 2. The lowest BCUT2D eigenvalue weighted by atomic mass is 10.2. The molecule has 0 bridgehead atoms. The second-order valence-corrected chi connectivity index (χ2v) is 3.24. The van der Waals surface area contributed by atoms with E-state index in [1.807, 2.05) is 0 Å². The molecule has 0 amide bonds. The van der Waals surface area contributed by atoms with Crippen LogP contribution in [0, 0.1) is 0 Å². The molecule has 0 heterocycles. The van der Waals surface area contributed by atoms with Crippen molar-refractivity contribution in [1.29, 1.82) is 0 Å². The molecule has 0 aromatic carbocycles. The highest BCUT2D eigenvalue weighted by atomic mass is 16.5. The number of rotatable bonds is 8. The van der Waals surface area contributed by atoms with Gasteiger partial charge in [-0.2, -0.15) is 0 Å². The van der Waals surface area contributed by atoms with E-state index in [2.05, 4.69) is 0 Å². The van der Waals surface area contributed by atoms with Gasteiger partial charge < -0.3 is 9.47 Å². The van der Waals surface area contributed by atoms with Crippen LogP contribution >= 0.6 is 0 Å². The molecule has 0 rings (SSSR count). The van der Waals surface area contributed by atoms with Crippen molar-refractivity contribution in [3.05, 3.63) is 24.3 Å². The van der Waals surface area contributed by atoms with Crippen LogP contribution in [0.2, 0.25) is 0 Å². The summed E-state index contributed by atoms with van der Waals surface area (Å²) in [7, 11) is 0. The summed E-state index contributed by atoms with van der Waals surface area (Å²) >= 11 is 0. The largest absolute Gasteiger partial charge is 0.463 e. The van der Waals surface area contributed by atoms with Gasteiger partial charge in [0, 0.05) is 12.2 Å². The SMILES string of the molecule is CCOC(=O)C=CCCCC=CC(=O)OCC. The van der Waals surface area contributed by atoms with E-state index in [4.69, 9.17) is 9.47 Å². The maximum Gasteiger partial charge on any atom is 0.330 e. The molecule has 4 nitrogen and oxygen atoms in total. The van der Waals surface area contributed by atoms with Gasteiger partial charge in [0.15, 0.2) is 0 Å². The van der Waals surface area contributed by atoms with E-state index in [9.17, 15) is 9.59 Å². The molecule has 0 unspecified atom stereocenters. The van der Waals surface area contributed by atoms with Crippen molar-refractivity contribution in [1.82, 2.24) is 0 Å². The van der Waals surface area contributed by atoms with Gasteiger partial charge in [-0.15, -0.1) is 0 Å². The quantitative estimate of drug-likeness (QED) is 0.371. The molecule has 0 aliphatic heterocycles. The van der Waals surface area contributed by atoms with E-state index in [0.717, 1.165) is 19.3 Å². The summed E-state index contributed by atoms with van der Waals surface area (Å²) in [5.74, 6) is -0.621. The van der Waals surface area contributed by atoms with E-state index in [0.29, 0.717) is 13.2 Å². The standard InChI is InChI=1S/C13H20O4/c1-3-16-12(14)10-8-6-5-7-9-11-13(15)17-4-2/h8-11H,3-7H2,1-2H3. The molecule has 0 fully saturated rings. The Morgan fingerprint density at radius 1 is 0.882 bits per heavy atom. The summed E-state index contributed by atoms with van der Waals surface area (Å²) in [6.07, 6.45) is 8.85. The Bertz CT molecular complexity index is 251. The molecule has 4 heteroatoms. The molecule has 0 aromatic rings. The van der Waals surface area contributed by atoms with E-state index in [-0.39, 0.29) is 11.9 Å². The van der Waals surface area contributed by atoms with Gasteiger partial charge in [-0.3, -0.25) is 0 Å². The van der Waals surface area contributed by atoms with Crippen LogP contribution in [0.15, 0.2) is 24.3 Å². The molecule has 96 valence electrons. The average Bonchev–Trinajstić information content (AvgIpc) is 2.28. The van der Waals surface area contributed by atoms with E-state index >= 15 is 0 Å². The summed E-state index contributed by atoms with van der Waals surface area (Å²) in [5, 5.41) is 0. The van der Waals surface area contributed by atoms with E-state index in [1.165, 1.54) is 12.2 Å². The topological polar surface area (TPSA) is 52.6 Å². The van der Waals surface area contributed by atoms with Gasteiger partial charge in [0.1, 0.15) is 0 Å². The molecule has 0 N–H and O–H groups in total. The predicted molar refractivity (Wildman–Crippen MR) is 65.4 cm³/mol. The minimum absolute atomic E-state index is 0.311. The first-order chi connectivity index (χ1) is 8.20. The van der Waals surface area contributed by atoms with Gasteiger partial charge in [0.25, 0.3) is 0 Å². The van der Waals surface area contributed by atoms with Crippen molar-refractivity contribution < 1.29 is 19.1 Å². The highest BCUT2D eigenvalue weighted by Gasteiger charge is 1.93. The van der Waals surface area contributed by atoms with Gasteiger partial charge in [-0.1, -0.05) is 12.2 Å². The maximum absolute atomic E-state index is 10.9. The van der Waals surface area contributed by atoms with Gasteiger partial charge in [-0.25, -0.2) is 9.59 Å². The molecule has 0 saturated heterocycles. The van der Waals surface area contributed by atoms with Crippen molar-refractivity contribution in [2.24, 2.45) is 0 Å². The highest BCUT2D eigenvalue weighted by Crippen LogP contribution is 1.98. The normalized spacial score (nSPS) is 10.9. The molecule has 0 spiro atoms. The van der Waals surface area contributed by atoms with Crippen molar-refractivity contribution in [2.75, 3.05) is 13.2 Å². The van der Waals surface area contributed by atoms with Crippen LogP contribution < -0.4 is 0 Å². The lowest BCUT2D eigenvalue weighted by Gasteiger charge is -1.95. The Morgan fingerprint density at radius 2 is 1.29 bits per heavy atom. The minimum atomic E-state index is -0.311. The zero-order valence-corrected chi connectivity index (χ0v) is 10.5. The summed E-state index contributed by atoms with van der Waals surface area (Å²) in [4.78, 5) is 21.8. The zero-order valence-electron chi connectivity index (χ0n) is 10.5. The fourth-order valence-electron chi connectivity index (χ4n) is 1.09. The molecule has 0 atom stereocenters. The van der Waals surface area contributed by atoms with Crippen LogP contribution in [-0.4, -0.2) is 25.2 Å². The molecule has 0 saturated carbocycles. The third-order valence-electron chi connectivity index (χ3n) is 1.82. The van der Waals surface area contributed by atoms with E-state index in [1.54, 1.807) is 26.0 Å². The third-order valence-corrected chi connectivity index (χ3v) is 1.82. The van der Waals surface area contributed by atoms with Crippen molar-refractivity contribution >= 4 is 11.9 Å². The Morgan fingerprint density at radius 3 is 1.65 bits per heavy atom. The molecular weight excluding hydrogens is 220 g/mol. The minimum Gasteiger partial charge on any atom is -0.463 e. The first kappa shape index (κ1) is 15.4. The molecule has 0 aromatic heterocycles. The number of esters is 2. The van der Waals surface area contributed by atoms with Crippen LogP contribution in [0.5, 0.6) is 0 Å². The fraction of sp³-hybridized carbons (Fsp3) is 0.538. The van der Waals surface area contributed by atoms with Crippen LogP contribution in [0.1, 0.15) is 33.1 Å². The third kappa shape index (κ3) is 10.7. The second kappa shape index (κ2) is 10.9. The number of hydrogen-bond donors (Lipinski definition) is 0. The Balaban J connectivity index is 3.52. The van der Waals surface area contributed by atoms with E-state index < -0.39 is 0 Å². The summed E-state index contributed by atoms with van der Waals surface area (Å²) in [6, 6.07) is 0. The van der Waals surface area contributed by atoms with Crippen LogP contribution in [0.4, 0.5) is 0 Å². The average molecular weight is 240 g/mol. The monoisotopic (exact) mass is 240 g/mol. The highest BCUT2D eigenvalue weighted by molar-refractivity contribution is 5.82. The molecule has 0 radical (unpaired) electrons. The lowest BCUT2D eigenvalue weighted by Crippen LogP contribution is -1.98. The zero-order chi connectivity index (χ0) is 12.9. The maximum atomic E-state index is 10.9. The van der Waals surface area contributed by atoms with Crippen molar-refractivity contribution in [3.8, 4) is 0 Å². The summed E-state index contributed by atoms with van der Waals surface area (Å²) < 4.78 is 9.45. The molecular formula is C13H20O4. The van der Waals surface area contributed by atoms with Gasteiger partial charge in [0.05, 0.1) is 13.2 Å². The van der Waals surface area contributed by atoms with Gasteiger partial charge in [0.2, 0.25) is 0 Å². The smallest absolute Gasteiger partial charge is 0.330 e. The first-order valence-corrected chi connectivity index (χ1v) is 5.87. The van der Waals surface area contributed by atoms with Crippen LogP contribution in [-0.2, 0) is 19.1 Å². The number of ether oxygens (including phenoxy) is 2. The molecule has 0 aliphatic carbocycles. The first-order valence-electron chi connectivity index (χ1n) is 5.87. The predicted octanol–water partition coefficient (Wildman–Crippen LogP) is 2.40. The lowest BCUT2D eigenvalue weighted by molar-refractivity contribution is -0.138. The summed E-state index contributed by atoms with van der Waals surface area (Å²) in [6.45, 7) is 4.33. The van der Waals surface area contributed by atoms with Crippen LogP contribution in [0.25, 0.3) is 0 Å². The van der Waals surface area contributed by atoms with Gasteiger partial charge in [-0.05, 0) is 33.1 Å². The Hall–Kier alpha value is -1.58. The van der Waals surface area contributed by atoms with Gasteiger partial charge >= 0.3 is 11.9 Å². The second-order valence-electron chi connectivity index (χ2n) is 3.24. The number of allylic oxidation sites excluding steroid dienone is 2. The number of hydrogen-bond acceptors (Lipinski definition) is 4. The number of carbonyl (C=O) groups is 2. The molecule has 0 aliphatic rings. The fourth-order valence-corrected chi connectivity index (χ4v) is 1.09. The van der Waals surface area contributed by atoms with Crippen molar-refractivity contribution in [2.45, 2.75) is 33.1 Å². The molecule has 17 heavy (non-hydrogen) atoms. The summed E-state index contributed by atoms with van der Waals surface area (Å²) in [5.41, 5.74) is 0. The van der Waals surface area contributed by atoms with Crippen molar-refractivity contribution in [3.63, 3.8) is 0 Å².